The molecule has 0 saturated carbocycles. The second-order valence-electron chi connectivity index (χ2n) is 4.72. The first kappa shape index (κ1) is 14.3. The minimum absolute atomic E-state index is 0.0237. The van der Waals surface area contributed by atoms with Crippen molar-refractivity contribution in [3.8, 4) is 5.75 Å². The summed E-state index contributed by atoms with van der Waals surface area (Å²) in [5, 5.41) is 11.0. The zero-order chi connectivity index (χ0) is 14.5. The fraction of sp³-hybridized carbons (Fsp3) is 0.375. The van der Waals surface area contributed by atoms with Crippen molar-refractivity contribution in [2.75, 3.05) is 6.54 Å². The van der Waals surface area contributed by atoms with E-state index in [1.54, 1.807) is 4.57 Å². The third-order valence-electron chi connectivity index (χ3n) is 3.36. The van der Waals surface area contributed by atoms with E-state index in [2.05, 4.69) is 11.9 Å². The number of nitrogens with zero attached hydrogens (tertiary/aromatic N) is 2. The normalized spacial score (nSPS) is 11.5. The lowest BCUT2D eigenvalue weighted by Gasteiger charge is -2.11. The van der Waals surface area contributed by atoms with Gasteiger partial charge in [0.15, 0.2) is 0 Å². The Balaban J connectivity index is 2.60. The van der Waals surface area contributed by atoms with E-state index in [1.807, 2.05) is 31.2 Å². The molecule has 0 fully saturated rings. The van der Waals surface area contributed by atoms with Crippen LogP contribution in [0.4, 0.5) is 0 Å². The SMILES string of the molecule is CCCCN=Cc1c(O)c2ccccc2n(CC)c1=O. The Morgan fingerprint density at radius 3 is 2.75 bits per heavy atom. The molecule has 0 bridgehead atoms. The average molecular weight is 272 g/mol. The van der Waals surface area contributed by atoms with Crippen LogP contribution >= 0.6 is 0 Å². The van der Waals surface area contributed by atoms with E-state index >= 15 is 0 Å². The van der Waals surface area contributed by atoms with Gasteiger partial charge in [0.1, 0.15) is 11.3 Å². The number of aliphatic imine (C=N–C) groups is 1. The zero-order valence-electron chi connectivity index (χ0n) is 12.0. The number of aromatic hydroxyl groups is 1. The second kappa shape index (κ2) is 6.37. The molecule has 4 nitrogen and oxygen atoms in total. The summed E-state index contributed by atoms with van der Waals surface area (Å²) < 4.78 is 1.66. The predicted octanol–water partition coefficient (Wildman–Crippen LogP) is 2.95. The molecule has 1 aromatic carbocycles. The molecule has 0 unspecified atom stereocenters. The maximum atomic E-state index is 12.4. The number of hydrogen-bond acceptors (Lipinski definition) is 3. The van der Waals surface area contributed by atoms with Gasteiger partial charge in [-0.05, 0) is 25.5 Å². The Labute approximate surface area is 118 Å². The van der Waals surface area contributed by atoms with Crippen molar-refractivity contribution in [2.24, 2.45) is 4.99 Å². The summed E-state index contributed by atoms with van der Waals surface area (Å²) in [6.07, 6.45) is 3.54. The molecule has 20 heavy (non-hydrogen) atoms. The molecule has 0 radical (unpaired) electrons. The van der Waals surface area contributed by atoms with Crippen LogP contribution < -0.4 is 5.56 Å². The van der Waals surface area contributed by atoms with Crippen LogP contribution in [0.15, 0.2) is 34.1 Å². The molecule has 0 aliphatic carbocycles. The topological polar surface area (TPSA) is 54.6 Å². The molecule has 0 aliphatic heterocycles. The van der Waals surface area contributed by atoms with Crippen molar-refractivity contribution in [3.05, 3.63) is 40.2 Å². The lowest BCUT2D eigenvalue weighted by Crippen LogP contribution is -2.23. The number of pyridine rings is 1. The summed E-state index contributed by atoms with van der Waals surface area (Å²) in [6, 6.07) is 7.38. The van der Waals surface area contributed by atoms with Crippen molar-refractivity contribution in [1.82, 2.24) is 4.57 Å². The monoisotopic (exact) mass is 272 g/mol. The van der Waals surface area contributed by atoms with Gasteiger partial charge in [-0.2, -0.15) is 0 Å². The summed E-state index contributed by atoms with van der Waals surface area (Å²) in [5.74, 6) is 0.0237. The van der Waals surface area contributed by atoms with Gasteiger partial charge in [-0.3, -0.25) is 9.79 Å². The molecule has 1 heterocycles. The van der Waals surface area contributed by atoms with E-state index in [0.29, 0.717) is 18.5 Å². The molecular formula is C16H20N2O2. The number of rotatable bonds is 5. The highest BCUT2D eigenvalue weighted by Gasteiger charge is 2.13. The van der Waals surface area contributed by atoms with E-state index in [9.17, 15) is 9.90 Å². The first-order valence-electron chi connectivity index (χ1n) is 7.05. The highest BCUT2D eigenvalue weighted by molar-refractivity contribution is 5.94. The van der Waals surface area contributed by atoms with E-state index < -0.39 is 0 Å². The van der Waals surface area contributed by atoms with Crippen LogP contribution in [0.1, 0.15) is 32.3 Å². The second-order valence-corrected chi connectivity index (χ2v) is 4.72. The fourth-order valence-electron chi connectivity index (χ4n) is 2.25. The highest BCUT2D eigenvalue weighted by Crippen LogP contribution is 2.25. The lowest BCUT2D eigenvalue weighted by molar-refractivity contribution is 0.478. The summed E-state index contributed by atoms with van der Waals surface area (Å²) in [7, 11) is 0. The Bertz CT molecular complexity index is 687. The third-order valence-corrected chi connectivity index (χ3v) is 3.36. The molecule has 0 atom stereocenters. The molecule has 2 aromatic rings. The van der Waals surface area contributed by atoms with Crippen LogP contribution in [0, 0.1) is 0 Å². The number of unbranched alkanes of at least 4 members (excludes halogenated alkanes) is 1. The molecule has 0 amide bonds. The Kier molecular flexibility index (Phi) is 4.56. The van der Waals surface area contributed by atoms with Gasteiger partial charge in [0.05, 0.1) is 5.52 Å². The fourth-order valence-corrected chi connectivity index (χ4v) is 2.25. The van der Waals surface area contributed by atoms with E-state index in [4.69, 9.17) is 0 Å². The van der Waals surface area contributed by atoms with Crippen LogP contribution in [0.2, 0.25) is 0 Å². The van der Waals surface area contributed by atoms with Crippen LogP contribution in [0.25, 0.3) is 10.9 Å². The molecule has 106 valence electrons. The molecule has 0 spiro atoms. The van der Waals surface area contributed by atoms with E-state index in [-0.39, 0.29) is 16.9 Å². The van der Waals surface area contributed by atoms with Gasteiger partial charge in [0, 0.05) is 24.7 Å². The van der Waals surface area contributed by atoms with Crippen LogP contribution in [0.3, 0.4) is 0 Å². The smallest absolute Gasteiger partial charge is 0.263 e. The highest BCUT2D eigenvalue weighted by atomic mass is 16.3. The summed E-state index contributed by atoms with van der Waals surface area (Å²) in [5.41, 5.74) is 0.841. The van der Waals surface area contributed by atoms with Gasteiger partial charge in [-0.1, -0.05) is 25.5 Å². The summed E-state index contributed by atoms with van der Waals surface area (Å²) >= 11 is 0. The first-order chi connectivity index (χ1) is 9.70. The van der Waals surface area contributed by atoms with Gasteiger partial charge in [0.25, 0.3) is 5.56 Å². The molecule has 1 N–H and O–H groups in total. The summed E-state index contributed by atoms with van der Waals surface area (Å²) in [4.78, 5) is 16.6. The van der Waals surface area contributed by atoms with Crippen molar-refractivity contribution >= 4 is 17.1 Å². The average Bonchev–Trinajstić information content (AvgIpc) is 2.47. The molecule has 1 aromatic heterocycles. The molecule has 0 saturated heterocycles. The number of benzene rings is 1. The molecular weight excluding hydrogens is 252 g/mol. The first-order valence-corrected chi connectivity index (χ1v) is 7.05. The molecule has 4 heteroatoms. The van der Waals surface area contributed by atoms with E-state index in [1.165, 1.54) is 6.21 Å². The third kappa shape index (κ3) is 2.59. The van der Waals surface area contributed by atoms with Crippen molar-refractivity contribution in [1.29, 1.82) is 0 Å². The standard InChI is InChI=1S/C16H20N2O2/c1-3-5-10-17-11-13-15(19)12-8-6-7-9-14(12)18(4-2)16(13)20/h6-9,11,19H,3-5,10H2,1-2H3. The Morgan fingerprint density at radius 2 is 2.05 bits per heavy atom. The van der Waals surface area contributed by atoms with Gasteiger partial charge < -0.3 is 9.67 Å². The largest absolute Gasteiger partial charge is 0.506 e. The number of hydrogen-bond donors (Lipinski definition) is 1. The van der Waals surface area contributed by atoms with Gasteiger partial charge in [-0.25, -0.2) is 0 Å². The molecule has 2 rings (SSSR count). The van der Waals surface area contributed by atoms with Crippen LogP contribution in [-0.2, 0) is 6.54 Å². The Morgan fingerprint density at radius 1 is 1.30 bits per heavy atom. The maximum absolute atomic E-state index is 12.4. The number of aryl methyl sites for hydroxylation is 1. The number of para-hydroxylation sites is 1. The predicted molar refractivity (Wildman–Crippen MR) is 82.9 cm³/mol. The van der Waals surface area contributed by atoms with E-state index in [0.717, 1.165) is 18.4 Å². The van der Waals surface area contributed by atoms with Gasteiger partial charge >= 0.3 is 0 Å². The van der Waals surface area contributed by atoms with Crippen LogP contribution in [-0.4, -0.2) is 22.4 Å². The van der Waals surface area contributed by atoms with Crippen molar-refractivity contribution in [3.63, 3.8) is 0 Å². The maximum Gasteiger partial charge on any atom is 0.263 e. The van der Waals surface area contributed by atoms with Crippen LogP contribution in [0.5, 0.6) is 5.75 Å². The number of aromatic nitrogens is 1. The lowest BCUT2D eigenvalue weighted by atomic mass is 10.1. The minimum atomic E-state index is -0.191. The quantitative estimate of drug-likeness (QED) is 0.672. The zero-order valence-corrected chi connectivity index (χ0v) is 12.0. The molecule has 0 aliphatic rings. The van der Waals surface area contributed by atoms with Gasteiger partial charge in [0.2, 0.25) is 0 Å². The van der Waals surface area contributed by atoms with Crippen molar-refractivity contribution in [2.45, 2.75) is 33.2 Å². The Hall–Kier alpha value is -2.10. The minimum Gasteiger partial charge on any atom is -0.506 e. The number of fused-ring (bicyclic) bond motifs is 1. The van der Waals surface area contributed by atoms with Crippen molar-refractivity contribution < 1.29 is 5.11 Å². The summed E-state index contributed by atoms with van der Waals surface area (Å²) in [6.45, 7) is 5.25. The van der Waals surface area contributed by atoms with Gasteiger partial charge in [-0.15, -0.1) is 0 Å².